The van der Waals surface area contributed by atoms with E-state index in [2.05, 4.69) is 4.72 Å². The van der Waals surface area contributed by atoms with E-state index in [1.54, 1.807) is 25.1 Å². The van der Waals surface area contributed by atoms with E-state index in [1.165, 1.54) is 0 Å². The smallest absolute Gasteiger partial charge is 0.234 e. The Labute approximate surface area is 94.9 Å². The Bertz CT molecular complexity index is 517. The third kappa shape index (κ3) is 2.95. The number of hydrogen-bond donors (Lipinski definition) is 2. The first-order valence-electron chi connectivity index (χ1n) is 4.70. The van der Waals surface area contributed by atoms with E-state index in [4.69, 9.17) is 11.0 Å². The summed E-state index contributed by atoms with van der Waals surface area (Å²) < 4.78 is 25.3. The zero-order valence-corrected chi connectivity index (χ0v) is 9.71. The third-order valence-electron chi connectivity index (χ3n) is 2.04. The van der Waals surface area contributed by atoms with E-state index in [1.807, 2.05) is 6.07 Å². The molecule has 0 atom stereocenters. The minimum atomic E-state index is -3.46. The van der Waals surface area contributed by atoms with Crippen LogP contribution in [0, 0.1) is 18.3 Å². The molecular formula is C10H13N3O2S. The van der Waals surface area contributed by atoms with Crippen LogP contribution in [-0.4, -0.2) is 20.7 Å². The van der Waals surface area contributed by atoms with Crippen LogP contribution < -0.4 is 10.5 Å². The van der Waals surface area contributed by atoms with Gasteiger partial charge in [-0.3, -0.25) is 4.72 Å². The largest absolute Gasteiger partial charge is 0.329 e. The summed E-state index contributed by atoms with van der Waals surface area (Å²) in [6.07, 6.45) is 0. The van der Waals surface area contributed by atoms with Crippen LogP contribution in [0.3, 0.4) is 0 Å². The van der Waals surface area contributed by atoms with Gasteiger partial charge in [0.05, 0.1) is 17.0 Å². The quantitative estimate of drug-likeness (QED) is 0.802. The lowest BCUT2D eigenvalue weighted by Crippen LogP contribution is -2.22. The standard InChI is InChI=1S/C10H13N3O2S/c1-8-3-2-4-10(9(8)7-12)13-16(14,15)6-5-11/h2-4,13H,5-6,11H2,1H3. The molecule has 0 fully saturated rings. The first-order chi connectivity index (χ1) is 7.50. The lowest BCUT2D eigenvalue weighted by atomic mass is 10.1. The summed E-state index contributed by atoms with van der Waals surface area (Å²) in [4.78, 5) is 0. The van der Waals surface area contributed by atoms with Crippen LogP contribution in [0.5, 0.6) is 0 Å². The van der Waals surface area contributed by atoms with Gasteiger partial charge >= 0.3 is 0 Å². The number of benzene rings is 1. The lowest BCUT2D eigenvalue weighted by molar-refractivity contribution is 0.601. The van der Waals surface area contributed by atoms with Gasteiger partial charge in [-0.15, -0.1) is 0 Å². The molecule has 1 rings (SSSR count). The van der Waals surface area contributed by atoms with Crippen molar-refractivity contribution in [3.05, 3.63) is 29.3 Å². The number of rotatable bonds is 4. The number of nitrogens with zero attached hydrogens (tertiary/aromatic N) is 1. The average Bonchev–Trinajstić information content (AvgIpc) is 2.17. The number of aryl methyl sites for hydroxylation is 1. The van der Waals surface area contributed by atoms with Gasteiger partial charge in [0.2, 0.25) is 10.0 Å². The summed E-state index contributed by atoms with van der Waals surface area (Å²) in [6.45, 7) is 1.79. The Balaban J connectivity index is 3.08. The van der Waals surface area contributed by atoms with E-state index >= 15 is 0 Å². The van der Waals surface area contributed by atoms with Crippen molar-refractivity contribution < 1.29 is 8.42 Å². The average molecular weight is 239 g/mol. The topological polar surface area (TPSA) is 96.0 Å². The minimum absolute atomic E-state index is 0.0447. The minimum Gasteiger partial charge on any atom is -0.329 e. The molecule has 1 aromatic rings. The van der Waals surface area contributed by atoms with E-state index in [9.17, 15) is 8.42 Å². The Kier molecular flexibility index (Phi) is 3.88. The number of nitrogens with two attached hydrogens (primary N) is 1. The van der Waals surface area contributed by atoms with Crippen LogP contribution in [0.25, 0.3) is 0 Å². The molecule has 1 aromatic carbocycles. The number of nitriles is 1. The van der Waals surface area contributed by atoms with Gasteiger partial charge in [-0.05, 0) is 18.6 Å². The van der Waals surface area contributed by atoms with Gasteiger partial charge in [0, 0.05) is 6.54 Å². The van der Waals surface area contributed by atoms with Crippen LogP contribution >= 0.6 is 0 Å². The van der Waals surface area contributed by atoms with Gasteiger partial charge in [0.1, 0.15) is 6.07 Å². The van der Waals surface area contributed by atoms with Gasteiger partial charge in [-0.1, -0.05) is 12.1 Å². The Morgan fingerprint density at radius 1 is 1.50 bits per heavy atom. The zero-order chi connectivity index (χ0) is 12.2. The molecule has 0 saturated heterocycles. The number of nitrogens with one attached hydrogen (secondary N) is 1. The number of anilines is 1. The fourth-order valence-corrected chi connectivity index (χ4v) is 2.19. The molecule has 16 heavy (non-hydrogen) atoms. The van der Waals surface area contributed by atoms with Crippen LogP contribution in [-0.2, 0) is 10.0 Å². The number of hydrogen-bond acceptors (Lipinski definition) is 4. The molecule has 0 aliphatic heterocycles. The van der Waals surface area contributed by atoms with Crippen LogP contribution in [0.2, 0.25) is 0 Å². The summed E-state index contributed by atoms with van der Waals surface area (Å²) >= 11 is 0. The second-order valence-corrected chi connectivity index (χ2v) is 5.16. The van der Waals surface area contributed by atoms with Crippen molar-refractivity contribution in [2.75, 3.05) is 17.0 Å². The highest BCUT2D eigenvalue weighted by molar-refractivity contribution is 7.92. The summed E-state index contributed by atoms with van der Waals surface area (Å²) in [5.74, 6) is -0.161. The van der Waals surface area contributed by atoms with Crippen molar-refractivity contribution >= 4 is 15.7 Å². The predicted octanol–water partition coefficient (Wildman–Crippen LogP) is 0.567. The predicted molar refractivity (Wildman–Crippen MR) is 62.4 cm³/mol. The van der Waals surface area contributed by atoms with Crippen molar-refractivity contribution in [2.24, 2.45) is 5.73 Å². The van der Waals surface area contributed by atoms with Crippen molar-refractivity contribution in [3.63, 3.8) is 0 Å². The molecule has 0 bridgehead atoms. The molecule has 0 aromatic heterocycles. The fraction of sp³-hybridized carbons (Fsp3) is 0.300. The van der Waals surface area contributed by atoms with Crippen LogP contribution in [0.15, 0.2) is 18.2 Å². The first-order valence-corrected chi connectivity index (χ1v) is 6.35. The summed E-state index contributed by atoms with van der Waals surface area (Å²) in [5.41, 5.74) is 6.55. The molecule has 6 heteroatoms. The molecular weight excluding hydrogens is 226 g/mol. The van der Waals surface area contributed by atoms with Crippen molar-refractivity contribution in [2.45, 2.75) is 6.92 Å². The maximum absolute atomic E-state index is 11.5. The van der Waals surface area contributed by atoms with E-state index < -0.39 is 10.0 Å². The van der Waals surface area contributed by atoms with Gasteiger partial charge in [-0.2, -0.15) is 5.26 Å². The Hall–Kier alpha value is -1.58. The lowest BCUT2D eigenvalue weighted by Gasteiger charge is -2.09. The fourth-order valence-electron chi connectivity index (χ4n) is 1.27. The molecule has 5 nitrogen and oxygen atoms in total. The molecule has 0 aliphatic rings. The highest BCUT2D eigenvalue weighted by atomic mass is 32.2. The Morgan fingerprint density at radius 2 is 2.19 bits per heavy atom. The maximum atomic E-state index is 11.5. The molecule has 0 radical (unpaired) electrons. The van der Waals surface area contributed by atoms with Gasteiger partial charge in [0.25, 0.3) is 0 Å². The summed E-state index contributed by atoms with van der Waals surface area (Å²) in [5, 5.41) is 8.92. The van der Waals surface area contributed by atoms with Crippen molar-refractivity contribution in [3.8, 4) is 6.07 Å². The van der Waals surface area contributed by atoms with Crippen molar-refractivity contribution in [1.29, 1.82) is 5.26 Å². The second-order valence-electron chi connectivity index (χ2n) is 3.32. The van der Waals surface area contributed by atoms with E-state index in [0.717, 1.165) is 5.56 Å². The highest BCUT2D eigenvalue weighted by Crippen LogP contribution is 2.19. The van der Waals surface area contributed by atoms with Gasteiger partial charge < -0.3 is 5.73 Å². The van der Waals surface area contributed by atoms with Gasteiger partial charge in [0.15, 0.2) is 0 Å². The van der Waals surface area contributed by atoms with E-state index in [-0.39, 0.29) is 12.3 Å². The molecule has 0 heterocycles. The molecule has 0 saturated carbocycles. The third-order valence-corrected chi connectivity index (χ3v) is 3.34. The first kappa shape index (κ1) is 12.5. The van der Waals surface area contributed by atoms with Crippen LogP contribution in [0.4, 0.5) is 5.69 Å². The summed E-state index contributed by atoms with van der Waals surface area (Å²) in [6, 6.07) is 6.97. The normalized spacial score (nSPS) is 10.8. The zero-order valence-electron chi connectivity index (χ0n) is 8.90. The highest BCUT2D eigenvalue weighted by Gasteiger charge is 2.12. The molecule has 0 aliphatic carbocycles. The Morgan fingerprint density at radius 3 is 2.75 bits per heavy atom. The van der Waals surface area contributed by atoms with Crippen LogP contribution in [0.1, 0.15) is 11.1 Å². The van der Waals surface area contributed by atoms with Crippen molar-refractivity contribution in [1.82, 2.24) is 0 Å². The molecule has 3 N–H and O–H groups in total. The molecule has 0 amide bonds. The number of sulfonamides is 1. The second kappa shape index (κ2) is 4.96. The molecule has 0 unspecified atom stereocenters. The monoisotopic (exact) mass is 239 g/mol. The molecule has 0 spiro atoms. The summed E-state index contributed by atoms with van der Waals surface area (Å²) in [7, 11) is -3.46. The maximum Gasteiger partial charge on any atom is 0.234 e. The van der Waals surface area contributed by atoms with E-state index in [0.29, 0.717) is 11.3 Å². The SMILES string of the molecule is Cc1cccc(NS(=O)(=O)CCN)c1C#N. The van der Waals surface area contributed by atoms with Gasteiger partial charge in [-0.25, -0.2) is 8.42 Å². The molecule has 86 valence electrons.